The number of carbonyl (C=O) groups excluding carboxylic acids is 1. The largest absolute Gasteiger partial charge is 0.399 e. The van der Waals surface area contributed by atoms with Crippen molar-refractivity contribution in [3.63, 3.8) is 0 Å². The summed E-state index contributed by atoms with van der Waals surface area (Å²) < 4.78 is 0. The maximum Gasteiger partial charge on any atom is 0.260 e. The van der Waals surface area contributed by atoms with E-state index in [1.54, 1.807) is 24.7 Å². The van der Waals surface area contributed by atoms with Gasteiger partial charge in [0.05, 0.1) is 22.0 Å². The standard InChI is InChI=1S/C18H14N6OS/c1-9(19)11-6-12-16(22-7-11)15(20)14(17(25)24-12)18-23-8-13(26-18)10-2-4-21-5-3-10/h2-8,20,23H,1,19H2,(H,24,25)/b18-14-,20-15?. The molecular formula is C18H14N6OS. The molecule has 0 aliphatic carbocycles. The van der Waals surface area contributed by atoms with E-state index in [1.165, 1.54) is 11.8 Å². The molecule has 0 spiro atoms. The SMILES string of the molecule is C=C(N)c1cnc2c(c1)NC(=O)/C(=C1/NC=C(c3ccncc3)S1)C2=N. The third kappa shape index (κ3) is 2.66. The summed E-state index contributed by atoms with van der Waals surface area (Å²) in [7, 11) is 0. The van der Waals surface area contributed by atoms with Gasteiger partial charge in [0, 0.05) is 41.0 Å². The van der Waals surface area contributed by atoms with Crippen LogP contribution < -0.4 is 16.4 Å². The Hall–Kier alpha value is -3.39. The first-order valence-electron chi connectivity index (χ1n) is 7.69. The molecule has 8 heteroatoms. The fourth-order valence-electron chi connectivity index (χ4n) is 2.65. The van der Waals surface area contributed by atoms with Gasteiger partial charge in [0.15, 0.2) is 0 Å². The number of pyridine rings is 2. The van der Waals surface area contributed by atoms with Crippen molar-refractivity contribution >= 4 is 39.7 Å². The summed E-state index contributed by atoms with van der Waals surface area (Å²) >= 11 is 1.40. The molecule has 0 fully saturated rings. The van der Waals surface area contributed by atoms with Gasteiger partial charge in [0.2, 0.25) is 0 Å². The first kappa shape index (κ1) is 16.1. The van der Waals surface area contributed by atoms with Gasteiger partial charge in [0.1, 0.15) is 5.69 Å². The molecule has 2 aliphatic heterocycles. The van der Waals surface area contributed by atoms with Gasteiger partial charge >= 0.3 is 0 Å². The zero-order valence-electron chi connectivity index (χ0n) is 13.5. The van der Waals surface area contributed by atoms with Gasteiger partial charge in [0.25, 0.3) is 5.91 Å². The lowest BCUT2D eigenvalue weighted by molar-refractivity contribution is -0.112. The van der Waals surface area contributed by atoms with Gasteiger partial charge in [-0.2, -0.15) is 0 Å². The van der Waals surface area contributed by atoms with Crippen LogP contribution in [0, 0.1) is 5.41 Å². The molecule has 26 heavy (non-hydrogen) atoms. The second-order valence-electron chi connectivity index (χ2n) is 5.67. The zero-order valence-corrected chi connectivity index (χ0v) is 14.4. The monoisotopic (exact) mass is 362 g/mol. The first-order valence-corrected chi connectivity index (χ1v) is 8.51. The molecule has 0 aromatic carbocycles. The third-order valence-electron chi connectivity index (χ3n) is 3.96. The number of thioether (sulfide) groups is 1. The van der Waals surface area contributed by atoms with Gasteiger partial charge < -0.3 is 16.4 Å². The van der Waals surface area contributed by atoms with Crippen LogP contribution in [0.3, 0.4) is 0 Å². The Morgan fingerprint density at radius 1 is 1.31 bits per heavy atom. The van der Waals surface area contributed by atoms with E-state index < -0.39 is 0 Å². The van der Waals surface area contributed by atoms with Gasteiger partial charge in [-0.05, 0) is 23.8 Å². The molecule has 0 atom stereocenters. The van der Waals surface area contributed by atoms with Crippen molar-refractivity contribution in [3.8, 4) is 0 Å². The first-order chi connectivity index (χ1) is 12.5. The molecule has 4 rings (SSSR count). The minimum atomic E-state index is -0.358. The average Bonchev–Trinajstić information content (AvgIpc) is 3.11. The van der Waals surface area contributed by atoms with Gasteiger partial charge in [-0.15, -0.1) is 0 Å². The van der Waals surface area contributed by atoms with E-state index in [0.717, 1.165) is 10.5 Å². The highest BCUT2D eigenvalue weighted by Crippen LogP contribution is 2.39. The molecule has 1 amide bonds. The van der Waals surface area contributed by atoms with E-state index in [1.807, 2.05) is 18.3 Å². The van der Waals surface area contributed by atoms with Crippen molar-refractivity contribution < 1.29 is 4.79 Å². The summed E-state index contributed by atoms with van der Waals surface area (Å²) in [4.78, 5) is 21.8. The normalized spacial score (nSPS) is 18.7. The molecule has 2 aromatic rings. The fraction of sp³-hybridized carbons (Fsp3) is 0. The van der Waals surface area contributed by atoms with Crippen molar-refractivity contribution in [2.24, 2.45) is 5.73 Å². The van der Waals surface area contributed by atoms with Gasteiger partial charge in [-0.3, -0.25) is 20.2 Å². The number of hydrogen-bond acceptors (Lipinski definition) is 7. The molecule has 5 N–H and O–H groups in total. The average molecular weight is 362 g/mol. The number of carbonyl (C=O) groups is 1. The zero-order chi connectivity index (χ0) is 18.3. The molecule has 2 aliphatic rings. The van der Waals surface area contributed by atoms with Crippen molar-refractivity contribution in [1.82, 2.24) is 15.3 Å². The molecule has 128 valence electrons. The predicted molar refractivity (Wildman–Crippen MR) is 103 cm³/mol. The maximum absolute atomic E-state index is 12.6. The summed E-state index contributed by atoms with van der Waals surface area (Å²) in [5.41, 5.74) is 8.81. The molecule has 0 bridgehead atoms. The van der Waals surface area contributed by atoms with Crippen LogP contribution in [0.25, 0.3) is 10.6 Å². The number of nitrogens with two attached hydrogens (primary N) is 1. The second-order valence-corrected chi connectivity index (χ2v) is 6.72. The lowest BCUT2D eigenvalue weighted by Gasteiger charge is -2.21. The number of nitrogens with one attached hydrogen (secondary N) is 3. The number of amides is 1. The van der Waals surface area contributed by atoms with Crippen LogP contribution in [0.4, 0.5) is 5.69 Å². The van der Waals surface area contributed by atoms with Crippen LogP contribution >= 0.6 is 11.8 Å². The summed E-state index contributed by atoms with van der Waals surface area (Å²) in [6, 6.07) is 5.45. The summed E-state index contributed by atoms with van der Waals surface area (Å²) in [5.74, 6) is -0.358. The van der Waals surface area contributed by atoms with E-state index >= 15 is 0 Å². The van der Waals surface area contributed by atoms with Crippen LogP contribution in [-0.2, 0) is 4.79 Å². The molecular weight excluding hydrogens is 348 g/mol. The molecule has 0 unspecified atom stereocenters. The molecule has 7 nitrogen and oxygen atoms in total. The van der Waals surface area contributed by atoms with Gasteiger partial charge in [-0.25, -0.2) is 0 Å². The van der Waals surface area contributed by atoms with E-state index in [-0.39, 0.29) is 17.2 Å². The topological polar surface area (TPSA) is 117 Å². The smallest absolute Gasteiger partial charge is 0.260 e. The Morgan fingerprint density at radius 3 is 2.81 bits per heavy atom. The molecule has 0 saturated carbocycles. The number of anilines is 1. The molecule has 2 aromatic heterocycles. The Balaban J connectivity index is 1.69. The van der Waals surface area contributed by atoms with E-state index in [2.05, 4.69) is 27.2 Å². The third-order valence-corrected chi connectivity index (χ3v) is 5.06. The van der Waals surface area contributed by atoms with Crippen LogP contribution in [0.5, 0.6) is 0 Å². The molecule has 0 radical (unpaired) electrons. The number of nitrogens with zero attached hydrogens (tertiary/aromatic N) is 2. The summed E-state index contributed by atoms with van der Waals surface area (Å²) in [5, 5.41) is 14.9. The lowest BCUT2D eigenvalue weighted by Crippen LogP contribution is -2.31. The van der Waals surface area contributed by atoms with Crippen molar-refractivity contribution in [2.45, 2.75) is 0 Å². The highest BCUT2D eigenvalue weighted by molar-refractivity contribution is 8.12. The van der Waals surface area contributed by atoms with Crippen LogP contribution in [-0.4, -0.2) is 21.6 Å². The number of rotatable bonds is 2. The minimum Gasteiger partial charge on any atom is -0.399 e. The van der Waals surface area contributed by atoms with Crippen LogP contribution in [0.1, 0.15) is 16.8 Å². The molecule has 0 saturated heterocycles. The van der Waals surface area contributed by atoms with E-state index in [4.69, 9.17) is 11.1 Å². The second kappa shape index (κ2) is 6.16. The quantitative estimate of drug-likeness (QED) is 0.609. The lowest BCUT2D eigenvalue weighted by atomic mass is 10.00. The minimum absolute atomic E-state index is 0.0670. The summed E-state index contributed by atoms with van der Waals surface area (Å²) in [6.07, 6.45) is 6.78. The van der Waals surface area contributed by atoms with Crippen LogP contribution in [0.2, 0.25) is 0 Å². The van der Waals surface area contributed by atoms with Crippen molar-refractivity contribution in [3.05, 3.63) is 77.0 Å². The summed E-state index contributed by atoms with van der Waals surface area (Å²) in [6.45, 7) is 3.66. The highest BCUT2D eigenvalue weighted by atomic mass is 32.2. The Labute approximate surface area is 153 Å². The van der Waals surface area contributed by atoms with E-state index in [9.17, 15) is 4.79 Å². The number of fused-ring (bicyclic) bond motifs is 1. The number of hydrogen-bond donors (Lipinski definition) is 4. The Kier molecular flexibility index (Phi) is 3.81. The predicted octanol–water partition coefficient (Wildman–Crippen LogP) is 2.27. The Bertz CT molecular complexity index is 1030. The number of aromatic nitrogens is 2. The Morgan fingerprint density at radius 2 is 2.08 bits per heavy atom. The van der Waals surface area contributed by atoms with E-state index in [0.29, 0.717) is 27.7 Å². The molecule has 4 heterocycles. The van der Waals surface area contributed by atoms with Gasteiger partial charge in [-0.1, -0.05) is 18.3 Å². The van der Waals surface area contributed by atoms with Crippen LogP contribution in [0.15, 0.2) is 60.2 Å². The fourth-order valence-corrected chi connectivity index (χ4v) is 3.66. The van der Waals surface area contributed by atoms with Crippen molar-refractivity contribution in [2.75, 3.05) is 5.32 Å². The maximum atomic E-state index is 12.6. The highest BCUT2D eigenvalue weighted by Gasteiger charge is 2.32. The van der Waals surface area contributed by atoms with Crippen molar-refractivity contribution in [1.29, 1.82) is 5.41 Å².